The normalized spacial score (nSPS) is 12.4. The summed E-state index contributed by atoms with van der Waals surface area (Å²) in [6.45, 7) is 1.94. The van der Waals surface area contributed by atoms with E-state index in [0.29, 0.717) is 11.4 Å². The fourth-order valence-electron chi connectivity index (χ4n) is 2.13. The van der Waals surface area contributed by atoms with Crippen molar-refractivity contribution in [3.05, 3.63) is 59.0 Å². The maximum Gasteiger partial charge on any atom is 0.128 e. The molecule has 0 amide bonds. The molecule has 0 spiro atoms. The van der Waals surface area contributed by atoms with Gasteiger partial charge in [0.25, 0.3) is 0 Å². The molecule has 2 rings (SSSR count). The van der Waals surface area contributed by atoms with Gasteiger partial charge in [-0.05, 0) is 31.7 Å². The van der Waals surface area contributed by atoms with Crippen molar-refractivity contribution < 1.29 is 4.39 Å². The lowest BCUT2D eigenvalue weighted by atomic mass is 9.95. The molecule has 0 aliphatic heterocycles. The third-order valence-electron chi connectivity index (χ3n) is 3.03. The van der Waals surface area contributed by atoms with E-state index in [-0.39, 0.29) is 11.9 Å². The minimum atomic E-state index is -0.292. The van der Waals surface area contributed by atoms with Gasteiger partial charge in [-0.1, -0.05) is 18.2 Å². The average Bonchev–Trinajstić information content (AvgIpc) is 2.35. The first kappa shape index (κ1) is 12.5. The summed E-state index contributed by atoms with van der Waals surface area (Å²) in [5.41, 5.74) is 8.30. The van der Waals surface area contributed by atoms with E-state index in [1.165, 1.54) is 6.07 Å². The van der Waals surface area contributed by atoms with Gasteiger partial charge < -0.3 is 11.1 Å². The van der Waals surface area contributed by atoms with E-state index in [2.05, 4.69) is 10.3 Å². The Hall–Kier alpha value is -1.94. The van der Waals surface area contributed by atoms with Crippen molar-refractivity contribution in [3.8, 4) is 0 Å². The first-order valence-electron chi connectivity index (χ1n) is 5.77. The maximum atomic E-state index is 13.9. The highest BCUT2D eigenvalue weighted by molar-refractivity contribution is 5.50. The lowest BCUT2D eigenvalue weighted by Gasteiger charge is -2.21. The van der Waals surface area contributed by atoms with Gasteiger partial charge in [0.2, 0.25) is 0 Å². The van der Waals surface area contributed by atoms with Gasteiger partial charge in [0.05, 0.1) is 6.04 Å². The molecule has 3 nitrogen and oxygen atoms in total. The van der Waals surface area contributed by atoms with Gasteiger partial charge in [0, 0.05) is 17.3 Å². The summed E-state index contributed by atoms with van der Waals surface area (Å²) in [5.74, 6) is 0.178. The van der Waals surface area contributed by atoms with Crippen LogP contribution in [0, 0.1) is 12.7 Å². The second-order valence-electron chi connectivity index (χ2n) is 4.17. The Bertz CT molecular complexity index is 534. The molecule has 3 N–H and O–H groups in total. The highest BCUT2D eigenvalue weighted by Crippen LogP contribution is 2.29. The zero-order valence-electron chi connectivity index (χ0n) is 10.4. The van der Waals surface area contributed by atoms with Gasteiger partial charge in [-0.2, -0.15) is 0 Å². The van der Waals surface area contributed by atoms with E-state index in [4.69, 9.17) is 5.73 Å². The maximum absolute atomic E-state index is 13.9. The largest absolute Gasteiger partial charge is 0.383 e. The molecule has 0 saturated heterocycles. The molecular weight excluding hydrogens is 229 g/mol. The predicted octanol–water partition coefficient (Wildman–Crippen LogP) is 2.42. The van der Waals surface area contributed by atoms with Crippen LogP contribution in [0.3, 0.4) is 0 Å². The number of nitrogen functional groups attached to an aromatic ring is 1. The third kappa shape index (κ3) is 2.19. The monoisotopic (exact) mass is 245 g/mol. The Kier molecular flexibility index (Phi) is 3.58. The van der Waals surface area contributed by atoms with E-state index in [9.17, 15) is 4.39 Å². The van der Waals surface area contributed by atoms with E-state index in [1.54, 1.807) is 25.4 Å². The smallest absolute Gasteiger partial charge is 0.128 e. The predicted molar refractivity (Wildman–Crippen MR) is 70.7 cm³/mol. The van der Waals surface area contributed by atoms with E-state index in [0.717, 1.165) is 11.1 Å². The number of hydrogen-bond donors (Lipinski definition) is 2. The van der Waals surface area contributed by atoms with E-state index in [1.807, 2.05) is 19.1 Å². The first-order valence-corrected chi connectivity index (χ1v) is 5.77. The van der Waals surface area contributed by atoms with Crippen LogP contribution < -0.4 is 11.1 Å². The second-order valence-corrected chi connectivity index (χ2v) is 4.17. The van der Waals surface area contributed by atoms with Crippen LogP contribution in [-0.2, 0) is 0 Å². The summed E-state index contributed by atoms with van der Waals surface area (Å²) in [6, 6.07) is 8.26. The fourth-order valence-corrected chi connectivity index (χ4v) is 2.13. The molecule has 94 valence electrons. The summed E-state index contributed by atoms with van der Waals surface area (Å²) in [5, 5.41) is 3.10. The van der Waals surface area contributed by atoms with Crippen LogP contribution in [0.5, 0.6) is 0 Å². The first-order chi connectivity index (χ1) is 8.65. The van der Waals surface area contributed by atoms with Crippen molar-refractivity contribution in [1.82, 2.24) is 10.3 Å². The highest BCUT2D eigenvalue weighted by atomic mass is 19.1. The number of aromatic nitrogens is 1. The molecule has 1 aromatic carbocycles. The number of nitrogens with zero attached hydrogens (tertiary/aromatic N) is 1. The number of nitrogens with one attached hydrogen (secondary N) is 1. The van der Waals surface area contributed by atoms with Crippen LogP contribution >= 0.6 is 0 Å². The minimum Gasteiger partial charge on any atom is -0.383 e. The molecule has 1 atom stereocenters. The highest BCUT2D eigenvalue weighted by Gasteiger charge is 2.20. The number of pyridine rings is 1. The van der Waals surface area contributed by atoms with Crippen molar-refractivity contribution in [2.24, 2.45) is 0 Å². The molecule has 1 aromatic heterocycles. The summed E-state index contributed by atoms with van der Waals surface area (Å²) in [4.78, 5) is 4.08. The zero-order chi connectivity index (χ0) is 13.1. The Morgan fingerprint density at radius 2 is 2.00 bits per heavy atom. The molecule has 4 heteroatoms. The number of anilines is 1. The molecule has 2 aromatic rings. The fraction of sp³-hybridized carbons (Fsp3) is 0.214. The SMILES string of the molecule is CNC(c1ccccc1F)c1c(C)ccnc1N. The Labute approximate surface area is 106 Å². The van der Waals surface area contributed by atoms with Crippen molar-refractivity contribution in [1.29, 1.82) is 0 Å². The van der Waals surface area contributed by atoms with Crippen LogP contribution in [0.25, 0.3) is 0 Å². The third-order valence-corrected chi connectivity index (χ3v) is 3.03. The number of nitrogens with two attached hydrogens (primary N) is 1. The van der Waals surface area contributed by atoms with E-state index >= 15 is 0 Å². The number of aryl methyl sites for hydroxylation is 1. The lowest BCUT2D eigenvalue weighted by molar-refractivity contribution is 0.575. The number of halogens is 1. The van der Waals surface area contributed by atoms with E-state index < -0.39 is 0 Å². The van der Waals surface area contributed by atoms with Crippen LogP contribution in [0.2, 0.25) is 0 Å². The molecule has 18 heavy (non-hydrogen) atoms. The summed E-state index contributed by atoms with van der Waals surface area (Å²) < 4.78 is 13.9. The van der Waals surface area contributed by atoms with Crippen molar-refractivity contribution in [2.45, 2.75) is 13.0 Å². The lowest BCUT2D eigenvalue weighted by Crippen LogP contribution is -2.21. The van der Waals surface area contributed by atoms with Crippen molar-refractivity contribution >= 4 is 5.82 Å². The molecule has 1 heterocycles. The van der Waals surface area contributed by atoms with Crippen LogP contribution in [0.15, 0.2) is 36.5 Å². The van der Waals surface area contributed by atoms with Gasteiger partial charge in [0.1, 0.15) is 11.6 Å². The molecule has 0 saturated carbocycles. The Balaban J connectivity index is 2.56. The number of benzene rings is 1. The van der Waals surface area contributed by atoms with Crippen molar-refractivity contribution in [3.63, 3.8) is 0 Å². The Morgan fingerprint density at radius 1 is 1.28 bits per heavy atom. The number of hydrogen-bond acceptors (Lipinski definition) is 3. The molecule has 0 radical (unpaired) electrons. The summed E-state index contributed by atoms with van der Waals surface area (Å²) in [6.07, 6.45) is 1.65. The van der Waals surface area contributed by atoms with Crippen LogP contribution in [0.4, 0.5) is 10.2 Å². The van der Waals surface area contributed by atoms with Crippen molar-refractivity contribution in [2.75, 3.05) is 12.8 Å². The molecule has 0 aliphatic rings. The van der Waals surface area contributed by atoms with Gasteiger partial charge in [0.15, 0.2) is 0 Å². The minimum absolute atomic E-state index is 0.250. The average molecular weight is 245 g/mol. The van der Waals surface area contributed by atoms with Gasteiger partial charge in [-0.3, -0.25) is 0 Å². The van der Waals surface area contributed by atoms with Gasteiger partial charge in [-0.25, -0.2) is 9.37 Å². The van der Waals surface area contributed by atoms with Crippen LogP contribution in [-0.4, -0.2) is 12.0 Å². The van der Waals surface area contributed by atoms with Gasteiger partial charge >= 0.3 is 0 Å². The van der Waals surface area contributed by atoms with Crippen LogP contribution in [0.1, 0.15) is 22.7 Å². The summed E-state index contributed by atoms with van der Waals surface area (Å²) >= 11 is 0. The molecule has 0 aliphatic carbocycles. The number of rotatable bonds is 3. The zero-order valence-corrected chi connectivity index (χ0v) is 10.4. The molecule has 1 unspecified atom stereocenters. The van der Waals surface area contributed by atoms with Gasteiger partial charge in [-0.15, -0.1) is 0 Å². The summed E-state index contributed by atoms with van der Waals surface area (Å²) in [7, 11) is 1.78. The molecular formula is C14H16FN3. The Morgan fingerprint density at radius 3 is 2.61 bits per heavy atom. The quantitative estimate of drug-likeness (QED) is 0.873. The standard InChI is InChI=1S/C14H16FN3/c1-9-7-8-18-14(16)12(9)13(17-2)10-5-3-4-6-11(10)15/h3-8,13,17H,1-2H3,(H2,16,18). The second kappa shape index (κ2) is 5.14. The topological polar surface area (TPSA) is 50.9 Å². The molecule has 0 fully saturated rings. The molecule has 0 bridgehead atoms.